The molecule has 0 aromatic heterocycles. The Morgan fingerprint density at radius 2 is 1.33 bits per heavy atom. The normalized spacial score (nSPS) is 11.9. The van der Waals surface area contributed by atoms with Crippen molar-refractivity contribution in [3.63, 3.8) is 0 Å². The van der Waals surface area contributed by atoms with Gasteiger partial charge in [0.25, 0.3) is 0 Å². The Kier molecular flexibility index (Phi) is 3.66. The molecule has 0 atom stereocenters. The molecule has 92 valence electrons. The van der Waals surface area contributed by atoms with E-state index in [2.05, 4.69) is 81.5 Å². The second-order valence-corrected chi connectivity index (χ2v) is 5.62. The first-order valence-electron chi connectivity index (χ1n) is 6.39. The first-order valence-corrected chi connectivity index (χ1v) is 6.39. The minimum Gasteiger partial charge on any atom is -0.0622 e. The fraction of sp³-hybridized carbons (Fsp3) is 0.222. The van der Waals surface area contributed by atoms with Crippen LogP contribution in [0, 0.1) is 0 Å². The topological polar surface area (TPSA) is 0 Å². The summed E-state index contributed by atoms with van der Waals surface area (Å²) in [5.41, 5.74) is 4.07. The molecule has 0 heterocycles. The summed E-state index contributed by atoms with van der Waals surface area (Å²) in [6, 6.07) is 19.1. The molecular weight excluding hydrogens is 216 g/mol. The van der Waals surface area contributed by atoms with E-state index in [1.165, 1.54) is 16.7 Å². The van der Waals surface area contributed by atoms with E-state index in [0.717, 1.165) is 0 Å². The number of rotatable bonds is 2. The Labute approximate surface area is 110 Å². The quantitative estimate of drug-likeness (QED) is 0.632. The van der Waals surface area contributed by atoms with Gasteiger partial charge in [0.15, 0.2) is 0 Å². The van der Waals surface area contributed by atoms with Crippen LogP contribution in [0.4, 0.5) is 0 Å². The minimum atomic E-state index is 0.205. The van der Waals surface area contributed by atoms with Crippen molar-refractivity contribution in [2.45, 2.75) is 26.2 Å². The van der Waals surface area contributed by atoms with Crippen molar-refractivity contribution in [1.29, 1.82) is 0 Å². The fourth-order valence-corrected chi connectivity index (χ4v) is 1.87. The lowest BCUT2D eigenvalue weighted by Crippen LogP contribution is -2.10. The van der Waals surface area contributed by atoms with Gasteiger partial charge in [0, 0.05) is 0 Å². The highest BCUT2D eigenvalue weighted by molar-refractivity contribution is 5.69. The van der Waals surface area contributed by atoms with E-state index >= 15 is 0 Å². The van der Waals surface area contributed by atoms with E-state index in [-0.39, 0.29) is 5.41 Å². The Hall–Kier alpha value is -1.82. The van der Waals surface area contributed by atoms with Crippen molar-refractivity contribution >= 4 is 12.2 Å². The molecule has 0 fully saturated rings. The third kappa shape index (κ3) is 3.33. The SMILES string of the molecule is CC(C)(C)c1cccc(/C=C/c2ccccc2)c1. The molecule has 0 aliphatic heterocycles. The van der Waals surface area contributed by atoms with Gasteiger partial charge in [-0.25, -0.2) is 0 Å². The summed E-state index contributed by atoms with van der Waals surface area (Å²) < 4.78 is 0. The summed E-state index contributed by atoms with van der Waals surface area (Å²) in [7, 11) is 0. The van der Waals surface area contributed by atoms with Crippen molar-refractivity contribution in [3.05, 3.63) is 71.3 Å². The van der Waals surface area contributed by atoms with Gasteiger partial charge in [0.2, 0.25) is 0 Å². The molecule has 2 rings (SSSR count). The molecule has 18 heavy (non-hydrogen) atoms. The van der Waals surface area contributed by atoms with Crippen molar-refractivity contribution in [2.24, 2.45) is 0 Å². The third-order valence-corrected chi connectivity index (χ3v) is 3.02. The first kappa shape index (κ1) is 12.6. The average Bonchev–Trinajstić information content (AvgIpc) is 2.37. The van der Waals surface area contributed by atoms with Gasteiger partial charge in [-0.15, -0.1) is 0 Å². The average molecular weight is 236 g/mol. The van der Waals surface area contributed by atoms with Crippen LogP contribution in [0.25, 0.3) is 12.2 Å². The maximum atomic E-state index is 2.26. The smallest absolute Gasteiger partial charge is 0.0132 e. The van der Waals surface area contributed by atoms with Gasteiger partial charge in [0.05, 0.1) is 0 Å². The molecule has 0 radical (unpaired) electrons. The minimum absolute atomic E-state index is 0.205. The van der Waals surface area contributed by atoms with Crippen molar-refractivity contribution < 1.29 is 0 Å². The van der Waals surface area contributed by atoms with Crippen LogP contribution in [0.5, 0.6) is 0 Å². The molecule has 0 nitrogen and oxygen atoms in total. The summed E-state index contributed by atoms with van der Waals surface area (Å²) in [6.07, 6.45) is 4.33. The molecule has 0 unspecified atom stereocenters. The van der Waals surface area contributed by atoms with E-state index in [1.807, 2.05) is 6.07 Å². The van der Waals surface area contributed by atoms with E-state index < -0.39 is 0 Å². The molecule has 0 saturated heterocycles. The van der Waals surface area contributed by atoms with Crippen LogP contribution in [-0.2, 0) is 5.41 Å². The Morgan fingerprint density at radius 3 is 2.00 bits per heavy atom. The van der Waals surface area contributed by atoms with Crippen molar-refractivity contribution in [1.82, 2.24) is 0 Å². The standard InChI is InChI=1S/C18H20/c1-18(2,3)17-11-7-10-16(14-17)13-12-15-8-5-4-6-9-15/h4-14H,1-3H3/b13-12+. The van der Waals surface area contributed by atoms with Crippen LogP contribution in [0.3, 0.4) is 0 Å². The lowest BCUT2D eigenvalue weighted by Gasteiger charge is -2.19. The molecule has 0 aliphatic rings. The maximum Gasteiger partial charge on any atom is -0.0132 e. The zero-order valence-electron chi connectivity index (χ0n) is 11.4. The summed E-state index contributed by atoms with van der Waals surface area (Å²) in [5, 5.41) is 0. The second kappa shape index (κ2) is 5.22. The van der Waals surface area contributed by atoms with Crippen LogP contribution in [0.1, 0.15) is 37.5 Å². The van der Waals surface area contributed by atoms with Gasteiger partial charge in [-0.05, 0) is 22.1 Å². The van der Waals surface area contributed by atoms with Gasteiger partial charge >= 0.3 is 0 Å². The van der Waals surface area contributed by atoms with E-state index in [0.29, 0.717) is 0 Å². The Balaban J connectivity index is 2.23. The molecule has 0 bridgehead atoms. The van der Waals surface area contributed by atoms with Gasteiger partial charge in [-0.3, -0.25) is 0 Å². The third-order valence-electron chi connectivity index (χ3n) is 3.02. The number of hydrogen-bond acceptors (Lipinski definition) is 0. The van der Waals surface area contributed by atoms with E-state index in [4.69, 9.17) is 0 Å². The molecule has 0 heteroatoms. The highest BCUT2D eigenvalue weighted by Crippen LogP contribution is 2.23. The number of hydrogen-bond donors (Lipinski definition) is 0. The van der Waals surface area contributed by atoms with Crippen LogP contribution < -0.4 is 0 Å². The van der Waals surface area contributed by atoms with Crippen molar-refractivity contribution in [2.75, 3.05) is 0 Å². The van der Waals surface area contributed by atoms with Gasteiger partial charge in [-0.1, -0.05) is 87.5 Å². The van der Waals surface area contributed by atoms with Gasteiger partial charge < -0.3 is 0 Å². The first-order chi connectivity index (χ1) is 8.55. The highest BCUT2D eigenvalue weighted by Gasteiger charge is 2.12. The van der Waals surface area contributed by atoms with Gasteiger partial charge in [-0.2, -0.15) is 0 Å². The van der Waals surface area contributed by atoms with Crippen LogP contribution in [-0.4, -0.2) is 0 Å². The molecule has 0 spiro atoms. The molecule has 2 aromatic rings. The lowest BCUT2D eigenvalue weighted by molar-refractivity contribution is 0.590. The summed E-state index contributed by atoms with van der Waals surface area (Å²) in [4.78, 5) is 0. The largest absolute Gasteiger partial charge is 0.0622 e. The van der Waals surface area contributed by atoms with Crippen LogP contribution in [0.2, 0.25) is 0 Å². The lowest BCUT2D eigenvalue weighted by atomic mass is 9.86. The molecule has 2 aromatic carbocycles. The summed E-state index contributed by atoms with van der Waals surface area (Å²) in [6.45, 7) is 6.73. The second-order valence-electron chi connectivity index (χ2n) is 5.62. The highest BCUT2D eigenvalue weighted by atomic mass is 14.2. The zero-order chi connectivity index (χ0) is 13.0. The summed E-state index contributed by atoms with van der Waals surface area (Å²) >= 11 is 0. The van der Waals surface area contributed by atoms with Crippen LogP contribution in [0.15, 0.2) is 54.6 Å². The summed E-state index contributed by atoms with van der Waals surface area (Å²) in [5.74, 6) is 0. The van der Waals surface area contributed by atoms with Crippen molar-refractivity contribution in [3.8, 4) is 0 Å². The maximum absolute atomic E-state index is 2.26. The van der Waals surface area contributed by atoms with Gasteiger partial charge in [0.1, 0.15) is 0 Å². The fourth-order valence-electron chi connectivity index (χ4n) is 1.87. The van der Waals surface area contributed by atoms with E-state index in [1.54, 1.807) is 0 Å². The molecular formula is C18H20. The van der Waals surface area contributed by atoms with E-state index in [9.17, 15) is 0 Å². The molecule has 0 saturated carbocycles. The zero-order valence-corrected chi connectivity index (χ0v) is 11.4. The number of benzene rings is 2. The predicted octanol–water partition coefficient (Wildman–Crippen LogP) is 5.15. The molecule has 0 N–H and O–H groups in total. The molecule has 0 amide bonds. The molecule has 0 aliphatic carbocycles. The monoisotopic (exact) mass is 236 g/mol. The predicted molar refractivity (Wildman–Crippen MR) is 80.5 cm³/mol. The Morgan fingerprint density at radius 1 is 0.722 bits per heavy atom. The Bertz CT molecular complexity index is 527. The van der Waals surface area contributed by atoms with Crippen LogP contribution >= 0.6 is 0 Å².